The highest BCUT2D eigenvalue weighted by atomic mass is 79.9. The fourth-order valence-electron chi connectivity index (χ4n) is 2.47. The van der Waals surface area contributed by atoms with Gasteiger partial charge >= 0.3 is 0 Å². The second-order valence-electron chi connectivity index (χ2n) is 6.28. The van der Waals surface area contributed by atoms with Crippen LogP contribution >= 0.6 is 15.9 Å². The third kappa shape index (κ3) is 5.40. The summed E-state index contributed by atoms with van der Waals surface area (Å²) >= 11 is 3.43. The molecule has 0 bridgehead atoms. The van der Waals surface area contributed by atoms with Gasteiger partial charge in [-0.3, -0.25) is 4.79 Å². The van der Waals surface area contributed by atoms with E-state index in [2.05, 4.69) is 21.2 Å². The van der Waals surface area contributed by atoms with Crippen LogP contribution in [0.25, 0.3) is 0 Å². The maximum atomic E-state index is 12.2. The molecule has 2 rings (SSSR count). The first-order chi connectivity index (χ1) is 12.2. The zero-order valence-corrected chi connectivity index (χ0v) is 17.5. The van der Waals surface area contributed by atoms with Crippen molar-refractivity contribution in [2.75, 3.05) is 14.1 Å². The van der Waals surface area contributed by atoms with Gasteiger partial charge in [-0.05, 0) is 48.7 Å². The van der Waals surface area contributed by atoms with Crippen LogP contribution in [0.1, 0.15) is 30.5 Å². The predicted octanol–water partition coefficient (Wildman–Crippen LogP) is 3.51. The fraction of sp³-hybridized carbons (Fsp3) is 0.316. The average Bonchev–Trinajstić information content (AvgIpc) is 2.60. The minimum Gasteiger partial charge on any atom is -0.350 e. The van der Waals surface area contributed by atoms with Crippen molar-refractivity contribution in [3.63, 3.8) is 0 Å². The van der Waals surface area contributed by atoms with Crippen LogP contribution in [0, 0.1) is 0 Å². The van der Waals surface area contributed by atoms with E-state index in [0.717, 1.165) is 15.6 Å². The van der Waals surface area contributed by atoms with Crippen LogP contribution in [-0.2, 0) is 21.2 Å². The second-order valence-corrected chi connectivity index (χ2v) is 9.34. The predicted molar refractivity (Wildman–Crippen MR) is 106 cm³/mol. The Labute approximate surface area is 163 Å². The molecule has 0 heterocycles. The standard InChI is InChI=1S/C19H23BrN2O3S/c1-14(16-5-4-6-17(20)13-16)21-19(23)12-9-15-7-10-18(11-8-15)26(24,25)22(2)3/h4-8,10-11,13-14H,9,12H2,1-3H3,(H,21,23)/t14-/m0/s1. The lowest BCUT2D eigenvalue weighted by atomic mass is 10.1. The number of hydrogen-bond acceptors (Lipinski definition) is 3. The molecule has 0 aliphatic heterocycles. The minimum atomic E-state index is -3.42. The Hall–Kier alpha value is -1.70. The molecule has 1 N–H and O–H groups in total. The lowest BCUT2D eigenvalue weighted by molar-refractivity contribution is -0.121. The summed E-state index contributed by atoms with van der Waals surface area (Å²) in [4.78, 5) is 12.4. The minimum absolute atomic E-state index is 0.0394. The number of carbonyl (C=O) groups excluding carboxylic acids is 1. The molecule has 1 atom stereocenters. The Morgan fingerprint density at radius 3 is 2.38 bits per heavy atom. The van der Waals surface area contributed by atoms with E-state index in [-0.39, 0.29) is 16.8 Å². The smallest absolute Gasteiger partial charge is 0.242 e. The Bertz CT molecular complexity index is 865. The maximum absolute atomic E-state index is 12.2. The van der Waals surface area contributed by atoms with Gasteiger partial charge < -0.3 is 5.32 Å². The monoisotopic (exact) mass is 438 g/mol. The van der Waals surface area contributed by atoms with Gasteiger partial charge in [0.2, 0.25) is 15.9 Å². The van der Waals surface area contributed by atoms with Gasteiger partial charge in [-0.25, -0.2) is 12.7 Å². The van der Waals surface area contributed by atoms with Crippen LogP contribution in [0.3, 0.4) is 0 Å². The Kier molecular flexibility index (Phi) is 6.97. The van der Waals surface area contributed by atoms with Gasteiger partial charge in [0.1, 0.15) is 0 Å². The van der Waals surface area contributed by atoms with Crippen molar-refractivity contribution < 1.29 is 13.2 Å². The van der Waals surface area contributed by atoms with Crippen molar-refractivity contribution in [1.82, 2.24) is 9.62 Å². The van der Waals surface area contributed by atoms with Crippen molar-refractivity contribution in [1.29, 1.82) is 0 Å². The van der Waals surface area contributed by atoms with E-state index in [1.54, 1.807) is 24.3 Å². The maximum Gasteiger partial charge on any atom is 0.242 e. The highest BCUT2D eigenvalue weighted by molar-refractivity contribution is 9.10. The van der Waals surface area contributed by atoms with Crippen LogP contribution in [0.2, 0.25) is 0 Å². The summed E-state index contributed by atoms with van der Waals surface area (Å²) in [5.74, 6) is -0.0394. The van der Waals surface area contributed by atoms with Crippen LogP contribution in [0.5, 0.6) is 0 Å². The zero-order chi connectivity index (χ0) is 19.3. The number of hydrogen-bond donors (Lipinski definition) is 1. The SMILES string of the molecule is C[C@H](NC(=O)CCc1ccc(S(=O)(=O)N(C)C)cc1)c1cccc(Br)c1. The Balaban J connectivity index is 1.91. The van der Waals surface area contributed by atoms with E-state index >= 15 is 0 Å². The lowest BCUT2D eigenvalue weighted by Crippen LogP contribution is -2.26. The molecule has 0 spiro atoms. The van der Waals surface area contributed by atoms with Crippen molar-refractivity contribution in [3.05, 3.63) is 64.1 Å². The average molecular weight is 439 g/mol. The van der Waals surface area contributed by atoms with Crippen LogP contribution < -0.4 is 5.32 Å². The van der Waals surface area contributed by atoms with Gasteiger partial charge in [0.15, 0.2) is 0 Å². The second kappa shape index (κ2) is 8.79. The molecular weight excluding hydrogens is 416 g/mol. The van der Waals surface area contributed by atoms with Crippen molar-refractivity contribution >= 4 is 31.9 Å². The number of carbonyl (C=O) groups is 1. The van der Waals surface area contributed by atoms with Gasteiger partial charge in [0.25, 0.3) is 0 Å². The molecule has 1 amide bonds. The van der Waals surface area contributed by atoms with Crippen molar-refractivity contribution in [2.24, 2.45) is 0 Å². The molecule has 0 aliphatic carbocycles. The molecule has 140 valence electrons. The van der Waals surface area contributed by atoms with E-state index in [0.29, 0.717) is 12.8 Å². The summed E-state index contributed by atoms with van der Waals surface area (Å²) in [6, 6.07) is 14.4. The first kappa shape index (κ1) is 20.6. The van der Waals surface area contributed by atoms with E-state index < -0.39 is 10.0 Å². The first-order valence-corrected chi connectivity index (χ1v) is 10.5. The third-order valence-corrected chi connectivity index (χ3v) is 6.39. The molecule has 7 heteroatoms. The van der Waals surface area contributed by atoms with Gasteiger partial charge in [-0.2, -0.15) is 0 Å². The van der Waals surface area contributed by atoms with Gasteiger partial charge in [0.05, 0.1) is 10.9 Å². The number of aryl methyl sites for hydroxylation is 1. The van der Waals surface area contributed by atoms with Gasteiger partial charge in [-0.15, -0.1) is 0 Å². The highest BCUT2D eigenvalue weighted by Crippen LogP contribution is 2.18. The van der Waals surface area contributed by atoms with E-state index in [4.69, 9.17) is 0 Å². The Morgan fingerprint density at radius 2 is 1.81 bits per heavy atom. The molecule has 0 radical (unpaired) electrons. The fourth-order valence-corrected chi connectivity index (χ4v) is 3.79. The van der Waals surface area contributed by atoms with Crippen molar-refractivity contribution in [2.45, 2.75) is 30.7 Å². The number of nitrogens with one attached hydrogen (secondary N) is 1. The van der Waals surface area contributed by atoms with E-state index in [1.807, 2.05) is 31.2 Å². The number of rotatable bonds is 7. The number of amides is 1. The number of sulfonamides is 1. The number of benzene rings is 2. The summed E-state index contributed by atoms with van der Waals surface area (Å²) in [5.41, 5.74) is 1.96. The first-order valence-electron chi connectivity index (χ1n) is 8.26. The molecular formula is C19H23BrN2O3S. The highest BCUT2D eigenvalue weighted by Gasteiger charge is 2.16. The quantitative estimate of drug-likeness (QED) is 0.718. The number of nitrogens with zero attached hydrogens (tertiary/aromatic N) is 1. The summed E-state index contributed by atoms with van der Waals surface area (Å²) in [6.45, 7) is 1.95. The molecule has 2 aromatic carbocycles. The molecule has 0 fully saturated rings. The molecule has 5 nitrogen and oxygen atoms in total. The molecule has 0 unspecified atom stereocenters. The van der Waals surface area contributed by atoms with Gasteiger partial charge in [0, 0.05) is 25.0 Å². The van der Waals surface area contributed by atoms with Crippen LogP contribution in [0.15, 0.2) is 57.9 Å². The lowest BCUT2D eigenvalue weighted by Gasteiger charge is -2.15. The largest absolute Gasteiger partial charge is 0.350 e. The molecule has 0 saturated heterocycles. The molecule has 26 heavy (non-hydrogen) atoms. The molecule has 0 saturated carbocycles. The molecule has 0 aromatic heterocycles. The topological polar surface area (TPSA) is 66.5 Å². The zero-order valence-electron chi connectivity index (χ0n) is 15.1. The number of halogens is 1. The van der Waals surface area contributed by atoms with E-state index in [9.17, 15) is 13.2 Å². The summed E-state index contributed by atoms with van der Waals surface area (Å²) < 4.78 is 26.3. The van der Waals surface area contributed by atoms with Crippen LogP contribution in [0.4, 0.5) is 0 Å². The summed E-state index contributed by atoms with van der Waals surface area (Å²) in [6.07, 6.45) is 0.900. The van der Waals surface area contributed by atoms with E-state index in [1.165, 1.54) is 18.4 Å². The van der Waals surface area contributed by atoms with Crippen LogP contribution in [-0.4, -0.2) is 32.7 Å². The summed E-state index contributed by atoms with van der Waals surface area (Å²) in [7, 11) is -0.425. The normalized spacial score (nSPS) is 12.8. The van der Waals surface area contributed by atoms with Gasteiger partial charge in [-0.1, -0.05) is 40.2 Å². The molecule has 0 aliphatic rings. The van der Waals surface area contributed by atoms with Crippen molar-refractivity contribution in [3.8, 4) is 0 Å². The Morgan fingerprint density at radius 1 is 1.15 bits per heavy atom. The summed E-state index contributed by atoms with van der Waals surface area (Å²) in [5, 5.41) is 2.98. The molecule has 2 aromatic rings. The third-order valence-electron chi connectivity index (χ3n) is 4.07.